The summed E-state index contributed by atoms with van der Waals surface area (Å²) in [5, 5.41) is 0. The van der Waals surface area contributed by atoms with Gasteiger partial charge in [0.05, 0.1) is 4.90 Å². The Bertz CT molecular complexity index is 510. The molecule has 1 aliphatic rings. The predicted molar refractivity (Wildman–Crippen MR) is 71.2 cm³/mol. The summed E-state index contributed by atoms with van der Waals surface area (Å²) < 4.78 is 26.8. The molecule has 2 rings (SSSR count). The first-order valence-electron chi connectivity index (χ1n) is 5.57. The molecule has 4 nitrogen and oxygen atoms in total. The van der Waals surface area contributed by atoms with E-state index in [1.807, 2.05) is 0 Å². The number of nitrogen functional groups attached to an aromatic ring is 1. The Morgan fingerprint density at radius 3 is 2.41 bits per heavy atom. The fraction of sp³-hybridized carbons (Fsp3) is 0.455. The normalized spacial score (nSPS) is 18.2. The van der Waals surface area contributed by atoms with Crippen LogP contribution in [0, 0.1) is 0 Å². The zero-order chi connectivity index (χ0) is 12.5. The fourth-order valence-electron chi connectivity index (χ4n) is 1.92. The molecule has 94 valence electrons. The van der Waals surface area contributed by atoms with Gasteiger partial charge in [-0.3, -0.25) is 0 Å². The Morgan fingerprint density at radius 2 is 1.82 bits per heavy atom. The van der Waals surface area contributed by atoms with Crippen molar-refractivity contribution in [1.82, 2.24) is 4.31 Å². The summed E-state index contributed by atoms with van der Waals surface area (Å²) in [5.74, 6) is 0. The molecule has 1 saturated heterocycles. The number of anilines is 1. The van der Waals surface area contributed by atoms with Crippen LogP contribution in [0.1, 0.15) is 19.3 Å². The van der Waals surface area contributed by atoms with Gasteiger partial charge < -0.3 is 5.73 Å². The van der Waals surface area contributed by atoms with E-state index in [1.165, 1.54) is 0 Å². The van der Waals surface area contributed by atoms with Gasteiger partial charge in [0.15, 0.2) is 0 Å². The third-order valence-corrected chi connectivity index (χ3v) is 5.51. The van der Waals surface area contributed by atoms with Gasteiger partial charge in [-0.05, 0) is 47.0 Å². The van der Waals surface area contributed by atoms with Crippen LogP contribution < -0.4 is 5.73 Å². The third-order valence-electron chi connectivity index (χ3n) is 2.92. The molecular formula is C11H15BrN2O2S. The first kappa shape index (κ1) is 12.9. The highest BCUT2D eigenvalue weighted by Crippen LogP contribution is 2.26. The molecule has 0 aromatic heterocycles. The maximum atomic E-state index is 12.3. The molecule has 0 aliphatic carbocycles. The Kier molecular flexibility index (Phi) is 3.75. The maximum Gasteiger partial charge on any atom is 0.243 e. The highest BCUT2D eigenvalue weighted by Gasteiger charge is 2.26. The largest absolute Gasteiger partial charge is 0.398 e. The fourth-order valence-corrected chi connectivity index (χ4v) is 4.00. The van der Waals surface area contributed by atoms with E-state index in [2.05, 4.69) is 15.9 Å². The van der Waals surface area contributed by atoms with Crippen LogP contribution >= 0.6 is 15.9 Å². The van der Waals surface area contributed by atoms with E-state index in [0.29, 0.717) is 28.1 Å². The standard InChI is InChI=1S/C11H15BrN2O2S/c12-10-8-9(4-5-11(10)13)17(15,16)14-6-2-1-3-7-14/h4-5,8H,1-3,6-7,13H2. The average Bonchev–Trinajstić information content (AvgIpc) is 2.33. The lowest BCUT2D eigenvalue weighted by Gasteiger charge is -2.26. The smallest absolute Gasteiger partial charge is 0.243 e. The first-order valence-corrected chi connectivity index (χ1v) is 7.80. The summed E-state index contributed by atoms with van der Waals surface area (Å²) in [6.07, 6.45) is 2.99. The van der Waals surface area contributed by atoms with Gasteiger partial charge in [-0.1, -0.05) is 6.42 Å². The second kappa shape index (κ2) is 4.96. The first-order chi connectivity index (χ1) is 8.01. The van der Waals surface area contributed by atoms with Crippen molar-refractivity contribution in [2.75, 3.05) is 18.8 Å². The molecule has 0 bridgehead atoms. The van der Waals surface area contributed by atoms with Crippen LogP contribution in [-0.2, 0) is 10.0 Å². The van der Waals surface area contributed by atoms with Crippen LogP contribution in [0.2, 0.25) is 0 Å². The van der Waals surface area contributed by atoms with Crippen molar-refractivity contribution in [2.24, 2.45) is 0 Å². The van der Waals surface area contributed by atoms with Crippen molar-refractivity contribution >= 4 is 31.6 Å². The van der Waals surface area contributed by atoms with Gasteiger partial charge in [0, 0.05) is 23.2 Å². The van der Waals surface area contributed by atoms with Crippen LogP contribution in [-0.4, -0.2) is 25.8 Å². The Hall–Kier alpha value is -0.590. The van der Waals surface area contributed by atoms with Crippen molar-refractivity contribution in [3.8, 4) is 0 Å². The van der Waals surface area contributed by atoms with E-state index in [1.54, 1.807) is 22.5 Å². The zero-order valence-corrected chi connectivity index (χ0v) is 11.8. The molecule has 0 atom stereocenters. The molecule has 17 heavy (non-hydrogen) atoms. The van der Waals surface area contributed by atoms with Gasteiger partial charge in [-0.25, -0.2) is 8.42 Å². The number of hydrogen-bond donors (Lipinski definition) is 1. The van der Waals surface area contributed by atoms with E-state index in [4.69, 9.17) is 5.73 Å². The Balaban J connectivity index is 2.33. The molecular weight excluding hydrogens is 304 g/mol. The van der Waals surface area contributed by atoms with Gasteiger partial charge >= 0.3 is 0 Å². The van der Waals surface area contributed by atoms with Crippen LogP contribution in [0.25, 0.3) is 0 Å². The number of nitrogens with zero attached hydrogens (tertiary/aromatic N) is 1. The van der Waals surface area contributed by atoms with Crippen molar-refractivity contribution in [1.29, 1.82) is 0 Å². The van der Waals surface area contributed by atoms with E-state index in [-0.39, 0.29) is 0 Å². The van der Waals surface area contributed by atoms with Crippen LogP contribution in [0.3, 0.4) is 0 Å². The van der Waals surface area contributed by atoms with E-state index >= 15 is 0 Å². The minimum Gasteiger partial charge on any atom is -0.398 e. The molecule has 0 saturated carbocycles. The van der Waals surface area contributed by atoms with Crippen molar-refractivity contribution in [3.05, 3.63) is 22.7 Å². The quantitative estimate of drug-likeness (QED) is 0.850. The molecule has 2 N–H and O–H groups in total. The lowest BCUT2D eigenvalue weighted by atomic mass is 10.2. The molecule has 0 spiro atoms. The summed E-state index contributed by atoms with van der Waals surface area (Å²) in [4.78, 5) is 0.306. The maximum absolute atomic E-state index is 12.3. The highest BCUT2D eigenvalue weighted by atomic mass is 79.9. The highest BCUT2D eigenvalue weighted by molar-refractivity contribution is 9.10. The van der Waals surface area contributed by atoms with E-state index in [0.717, 1.165) is 19.3 Å². The van der Waals surface area contributed by atoms with Crippen LogP contribution in [0.4, 0.5) is 5.69 Å². The van der Waals surface area contributed by atoms with E-state index < -0.39 is 10.0 Å². The number of halogens is 1. The SMILES string of the molecule is Nc1ccc(S(=O)(=O)N2CCCCC2)cc1Br. The zero-order valence-electron chi connectivity index (χ0n) is 9.39. The average molecular weight is 319 g/mol. The number of piperidine rings is 1. The lowest BCUT2D eigenvalue weighted by molar-refractivity contribution is 0.346. The predicted octanol–water partition coefficient (Wildman–Crippen LogP) is 2.21. The number of hydrogen-bond acceptors (Lipinski definition) is 3. The van der Waals surface area contributed by atoms with Crippen molar-refractivity contribution in [2.45, 2.75) is 24.2 Å². The van der Waals surface area contributed by atoms with Crippen molar-refractivity contribution in [3.63, 3.8) is 0 Å². The second-order valence-corrected chi connectivity index (χ2v) is 6.94. The van der Waals surface area contributed by atoms with Gasteiger partial charge in [-0.15, -0.1) is 0 Å². The summed E-state index contributed by atoms with van der Waals surface area (Å²) in [6.45, 7) is 1.23. The summed E-state index contributed by atoms with van der Waals surface area (Å²) in [6, 6.07) is 4.74. The van der Waals surface area contributed by atoms with Gasteiger partial charge in [0.2, 0.25) is 10.0 Å². The number of nitrogens with two attached hydrogens (primary N) is 1. The third kappa shape index (κ3) is 2.64. The molecule has 1 aromatic carbocycles. The monoisotopic (exact) mass is 318 g/mol. The molecule has 1 fully saturated rings. The van der Waals surface area contributed by atoms with Crippen LogP contribution in [0.5, 0.6) is 0 Å². The number of benzene rings is 1. The molecule has 1 heterocycles. The Labute approximate surface area is 110 Å². The summed E-state index contributed by atoms with van der Waals surface area (Å²) in [5.41, 5.74) is 6.20. The number of rotatable bonds is 2. The molecule has 0 radical (unpaired) electrons. The van der Waals surface area contributed by atoms with Gasteiger partial charge in [0.1, 0.15) is 0 Å². The van der Waals surface area contributed by atoms with Gasteiger partial charge in [0.25, 0.3) is 0 Å². The lowest BCUT2D eigenvalue weighted by Crippen LogP contribution is -2.35. The second-order valence-electron chi connectivity index (χ2n) is 4.15. The van der Waals surface area contributed by atoms with Crippen LogP contribution in [0.15, 0.2) is 27.6 Å². The molecule has 1 aliphatic heterocycles. The van der Waals surface area contributed by atoms with Gasteiger partial charge in [-0.2, -0.15) is 4.31 Å². The molecule has 1 aromatic rings. The minimum atomic E-state index is -3.35. The minimum absolute atomic E-state index is 0.306. The summed E-state index contributed by atoms with van der Waals surface area (Å²) in [7, 11) is -3.35. The molecule has 6 heteroatoms. The Morgan fingerprint density at radius 1 is 1.18 bits per heavy atom. The molecule has 0 amide bonds. The van der Waals surface area contributed by atoms with Crippen molar-refractivity contribution < 1.29 is 8.42 Å². The topological polar surface area (TPSA) is 63.4 Å². The summed E-state index contributed by atoms with van der Waals surface area (Å²) >= 11 is 3.25. The van der Waals surface area contributed by atoms with E-state index in [9.17, 15) is 8.42 Å². The number of sulfonamides is 1. The molecule has 0 unspecified atom stereocenters.